The van der Waals surface area contributed by atoms with Crippen molar-refractivity contribution in [3.8, 4) is 0 Å². The molecule has 0 heterocycles. The van der Waals surface area contributed by atoms with Gasteiger partial charge in [0.15, 0.2) is 6.23 Å². The minimum absolute atomic E-state index is 0. The molecule has 1 unspecified atom stereocenters. The van der Waals surface area contributed by atoms with Crippen LogP contribution in [0.15, 0.2) is 24.3 Å². The second-order valence-electron chi connectivity index (χ2n) is 6.75. The number of nitrogens with zero attached hydrogens (tertiary/aromatic N) is 2. The van der Waals surface area contributed by atoms with Crippen LogP contribution < -0.4 is 10.2 Å². The molecule has 1 aromatic rings. The molecule has 1 amide bonds. The van der Waals surface area contributed by atoms with Crippen LogP contribution in [0.1, 0.15) is 33.3 Å². The summed E-state index contributed by atoms with van der Waals surface area (Å²) < 4.78 is 5.59. The van der Waals surface area contributed by atoms with Gasteiger partial charge in [0.1, 0.15) is 6.04 Å². The van der Waals surface area contributed by atoms with Crippen molar-refractivity contribution in [3.63, 3.8) is 0 Å². The fourth-order valence-electron chi connectivity index (χ4n) is 3.15. The van der Waals surface area contributed by atoms with E-state index in [4.69, 9.17) is 27.9 Å². The van der Waals surface area contributed by atoms with E-state index in [1.807, 2.05) is 49.9 Å². The van der Waals surface area contributed by atoms with Crippen molar-refractivity contribution < 1.29 is 14.3 Å². The number of carbonyl (C=O) groups excluding carboxylic acids is 2. The van der Waals surface area contributed by atoms with Gasteiger partial charge in [-0.2, -0.15) is 0 Å². The summed E-state index contributed by atoms with van der Waals surface area (Å²) in [6.45, 7) is 10.2. The number of hydrogen-bond donors (Lipinski definition) is 1. The Kier molecular flexibility index (Phi) is 15.2. The number of esters is 1. The Balaban J connectivity index is 0.00000841. The number of halogens is 3. The molecule has 0 saturated carbocycles. The van der Waals surface area contributed by atoms with Crippen LogP contribution >= 0.6 is 40.2 Å². The van der Waals surface area contributed by atoms with Gasteiger partial charge in [-0.05, 0) is 37.7 Å². The SMILES string of the molecule is Br.CCN(CC)C(C)OC(=O)[C@H](Cc1ccc(N(CCCl)CCCl)cc1)NC(C)=O. The summed E-state index contributed by atoms with van der Waals surface area (Å²) in [6, 6.07) is 7.10. The van der Waals surface area contributed by atoms with Gasteiger partial charge in [0.25, 0.3) is 0 Å². The zero-order valence-electron chi connectivity index (χ0n) is 18.2. The van der Waals surface area contributed by atoms with Crippen molar-refractivity contribution in [1.29, 1.82) is 0 Å². The third kappa shape index (κ3) is 9.86. The molecule has 0 aliphatic heterocycles. The zero-order chi connectivity index (χ0) is 21.8. The molecule has 0 bridgehead atoms. The van der Waals surface area contributed by atoms with E-state index < -0.39 is 12.0 Å². The Morgan fingerprint density at radius 1 is 1.07 bits per heavy atom. The number of ether oxygens (including phenoxy) is 1. The van der Waals surface area contributed by atoms with Crippen molar-refractivity contribution in [1.82, 2.24) is 10.2 Å². The van der Waals surface area contributed by atoms with E-state index in [1.54, 1.807) is 0 Å². The Morgan fingerprint density at radius 3 is 2.03 bits per heavy atom. The highest BCUT2D eigenvalue weighted by molar-refractivity contribution is 8.93. The predicted molar refractivity (Wildman–Crippen MR) is 130 cm³/mol. The lowest BCUT2D eigenvalue weighted by atomic mass is 10.1. The highest BCUT2D eigenvalue weighted by Gasteiger charge is 2.25. The van der Waals surface area contributed by atoms with Crippen LogP contribution in [0.5, 0.6) is 0 Å². The summed E-state index contributed by atoms with van der Waals surface area (Å²) >= 11 is 11.7. The van der Waals surface area contributed by atoms with Crippen molar-refractivity contribution in [2.75, 3.05) is 42.8 Å². The van der Waals surface area contributed by atoms with Crippen molar-refractivity contribution in [2.45, 2.75) is 46.4 Å². The van der Waals surface area contributed by atoms with E-state index in [0.717, 1.165) is 24.3 Å². The van der Waals surface area contributed by atoms with Gasteiger partial charge in [0, 0.05) is 43.9 Å². The molecule has 172 valence electrons. The van der Waals surface area contributed by atoms with Gasteiger partial charge >= 0.3 is 5.97 Å². The maximum atomic E-state index is 12.7. The number of benzene rings is 1. The smallest absolute Gasteiger partial charge is 0.330 e. The number of carbonyl (C=O) groups is 2. The van der Waals surface area contributed by atoms with Crippen LogP contribution in [0.25, 0.3) is 0 Å². The molecule has 0 aliphatic rings. The first-order chi connectivity index (χ1) is 13.9. The predicted octanol–water partition coefficient (Wildman–Crippen LogP) is 3.83. The summed E-state index contributed by atoms with van der Waals surface area (Å²) in [4.78, 5) is 28.4. The summed E-state index contributed by atoms with van der Waals surface area (Å²) in [7, 11) is 0. The minimum Gasteiger partial charge on any atom is -0.445 e. The van der Waals surface area contributed by atoms with Gasteiger partial charge in [-0.3, -0.25) is 9.69 Å². The lowest BCUT2D eigenvalue weighted by Gasteiger charge is -2.28. The van der Waals surface area contributed by atoms with Crippen LogP contribution in [0.4, 0.5) is 5.69 Å². The maximum Gasteiger partial charge on any atom is 0.330 e. The fourth-order valence-corrected chi connectivity index (χ4v) is 3.56. The normalized spacial score (nSPS) is 12.6. The van der Waals surface area contributed by atoms with Crippen molar-refractivity contribution >= 4 is 57.7 Å². The topological polar surface area (TPSA) is 61.9 Å². The molecule has 0 saturated heterocycles. The van der Waals surface area contributed by atoms with E-state index in [0.29, 0.717) is 31.3 Å². The van der Waals surface area contributed by atoms with E-state index in [-0.39, 0.29) is 29.1 Å². The van der Waals surface area contributed by atoms with Gasteiger partial charge in [0.05, 0.1) is 0 Å². The molecule has 1 N–H and O–H groups in total. The Hall–Kier alpha value is -1.02. The number of nitrogens with one attached hydrogen (secondary N) is 1. The Labute approximate surface area is 201 Å². The number of anilines is 1. The fraction of sp³-hybridized carbons (Fsp3) is 0.619. The lowest BCUT2D eigenvalue weighted by Crippen LogP contribution is -2.46. The Bertz CT molecular complexity index is 624. The van der Waals surface area contributed by atoms with E-state index in [2.05, 4.69) is 10.2 Å². The molecule has 2 atom stereocenters. The molecule has 0 aliphatic carbocycles. The summed E-state index contributed by atoms with van der Waals surface area (Å²) in [5.41, 5.74) is 1.94. The van der Waals surface area contributed by atoms with Gasteiger partial charge in [-0.15, -0.1) is 40.2 Å². The van der Waals surface area contributed by atoms with Crippen molar-refractivity contribution in [2.24, 2.45) is 0 Å². The molecule has 6 nitrogen and oxygen atoms in total. The highest BCUT2D eigenvalue weighted by Crippen LogP contribution is 2.17. The van der Waals surface area contributed by atoms with Crippen LogP contribution in [0.3, 0.4) is 0 Å². The summed E-state index contributed by atoms with van der Waals surface area (Å²) in [6.07, 6.45) is 0.00472. The van der Waals surface area contributed by atoms with Crippen LogP contribution in [-0.4, -0.2) is 67.0 Å². The third-order valence-corrected chi connectivity index (χ3v) is 5.06. The minimum atomic E-state index is -0.738. The monoisotopic (exact) mass is 525 g/mol. The second-order valence-corrected chi connectivity index (χ2v) is 7.50. The first-order valence-electron chi connectivity index (χ1n) is 10.0. The Morgan fingerprint density at radius 2 is 1.60 bits per heavy atom. The van der Waals surface area contributed by atoms with Crippen molar-refractivity contribution in [3.05, 3.63) is 29.8 Å². The van der Waals surface area contributed by atoms with Crippen LogP contribution in [-0.2, 0) is 20.7 Å². The average molecular weight is 527 g/mol. The molecule has 30 heavy (non-hydrogen) atoms. The quantitative estimate of drug-likeness (QED) is 0.240. The number of hydrogen-bond acceptors (Lipinski definition) is 5. The van der Waals surface area contributed by atoms with E-state index >= 15 is 0 Å². The van der Waals surface area contributed by atoms with Crippen LogP contribution in [0, 0.1) is 0 Å². The number of alkyl halides is 2. The van der Waals surface area contributed by atoms with E-state index in [9.17, 15) is 9.59 Å². The van der Waals surface area contributed by atoms with Gasteiger partial charge in [-0.1, -0.05) is 26.0 Å². The molecule has 1 aromatic carbocycles. The standard InChI is InChI=1S/C21H33Cl2N3O3.BrH/c1-5-25(6-2)17(4)29-21(28)20(24-16(3)27)15-18-7-9-19(10-8-18)26(13-11-22)14-12-23;/h7-10,17,20H,5-6,11-15H2,1-4H3,(H,24,27);1H/t17?,20-;/m0./s1. The molecule has 0 fully saturated rings. The number of rotatable bonds is 13. The molecular formula is C21H34BrCl2N3O3. The van der Waals surface area contributed by atoms with Gasteiger partial charge < -0.3 is 15.0 Å². The van der Waals surface area contributed by atoms with E-state index in [1.165, 1.54) is 6.92 Å². The highest BCUT2D eigenvalue weighted by atomic mass is 79.9. The lowest BCUT2D eigenvalue weighted by molar-refractivity contribution is -0.160. The third-order valence-electron chi connectivity index (χ3n) is 4.73. The molecular weight excluding hydrogens is 493 g/mol. The molecule has 0 radical (unpaired) electrons. The van der Waals surface area contributed by atoms with Gasteiger partial charge in [0.2, 0.25) is 5.91 Å². The largest absolute Gasteiger partial charge is 0.445 e. The average Bonchev–Trinajstić information content (AvgIpc) is 2.68. The summed E-state index contributed by atoms with van der Waals surface area (Å²) in [5, 5.41) is 2.71. The zero-order valence-corrected chi connectivity index (χ0v) is 21.4. The summed E-state index contributed by atoms with van der Waals surface area (Å²) in [5.74, 6) is 0.323. The number of amides is 1. The second kappa shape index (κ2) is 15.7. The molecule has 0 spiro atoms. The molecule has 9 heteroatoms. The molecule has 0 aromatic heterocycles. The maximum absolute atomic E-state index is 12.7. The first kappa shape index (κ1) is 29.0. The van der Waals surface area contributed by atoms with Crippen LogP contribution in [0.2, 0.25) is 0 Å². The van der Waals surface area contributed by atoms with Gasteiger partial charge in [-0.25, -0.2) is 4.79 Å². The molecule has 1 rings (SSSR count). The first-order valence-corrected chi connectivity index (χ1v) is 11.1.